The third-order valence-corrected chi connectivity index (χ3v) is 3.94. The van der Waals surface area contributed by atoms with Crippen LogP contribution in [0.5, 0.6) is 0 Å². The number of carbonyl (C=O) groups is 4. The van der Waals surface area contributed by atoms with Crippen LogP contribution in [0.3, 0.4) is 0 Å². The Labute approximate surface area is 178 Å². The standard InChI is InChI=1S/C17H28O7.C4H8O2/c1-4-7-14(18)22-12-10-17(24-16(20)9-6-3)21-11-13(12)23-15(19)8-5-2;1-2-3-4(5)6/h12-13,17H,4-11H2,1-3H3;2-3H2,1H3,(H,5,6). The minimum absolute atomic E-state index is 0.0313. The number of carbonyl (C=O) groups excluding carboxylic acids is 3. The van der Waals surface area contributed by atoms with Crippen LogP contribution < -0.4 is 0 Å². The van der Waals surface area contributed by atoms with Crippen LogP contribution in [0.2, 0.25) is 0 Å². The first-order valence-electron chi connectivity index (χ1n) is 10.7. The molecule has 3 atom stereocenters. The molecule has 30 heavy (non-hydrogen) atoms. The minimum Gasteiger partial charge on any atom is -0.481 e. The van der Waals surface area contributed by atoms with Crippen LogP contribution in [-0.4, -0.2) is 54.1 Å². The zero-order valence-electron chi connectivity index (χ0n) is 18.5. The van der Waals surface area contributed by atoms with Gasteiger partial charge in [0, 0.05) is 25.7 Å². The minimum atomic E-state index is -0.787. The summed E-state index contributed by atoms with van der Waals surface area (Å²) in [5, 5.41) is 7.91. The van der Waals surface area contributed by atoms with Gasteiger partial charge in [-0.15, -0.1) is 0 Å². The third kappa shape index (κ3) is 13.1. The van der Waals surface area contributed by atoms with Crippen molar-refractivity contribution in [1.82, 2.24) is 0 Å². The fourth-order valence-electron chi connectivity index (χ4n) is 2.52. The van der Waals surface area contributed by atoms with Gasteiger partial charge in [-0.05, 0) is 25.7 Å². The molecule has 1 saturated heterocycles. The highest BCUT2D eigenvalue weighted by atomic mass is 16.7. The summed E-state index contributed by atoms with van der Waals surface area (Å²) in [5.41, 5.74) is 0. The van der Waals surface area contributed by atoms with E-state index in [-0.39, 0.29) is 37.4 Å². The predicted octanol–water partition coefficient (Wildman–Crippen LogP) is 3.37. The maximum atomic E-state index is 11.8. The van der Waals surface area contributed by atoms with E-state index in [1.54, 1.807) is 0 Å². The molecule has 0 aromatic heterocycles. The monoisotopic (exact) mass is 432 g/mol. The summed E-state index contributed by atoms with van der Waals surface area (Å²) < 4.78 is 21.4. The van der Waals surface area contributed by atoms with Gasteiger partial charge in [0.25, 0.3) is 0 Å². The largest absolute Gasteiger partial charge is 0.481 e. The van der Waals surface area contributed by atoms with Crippen LogP contribution in [0.15, 0.2) is 0 Å². The smallest absolute Gasteiger partial charge is 0.308 e. The Morgan fingerprint density at radius 3 is 1.57 bits per heavy atom. The number of rotatable bonds is 11. The van der Waals surface area contributed by atoms with Crippen molar-refractivity contribution in [2.45, 2.75) is 104 Å². The van der Waals surface area contributed by atoms with E-state index in [1.807, 2.05) is 27.7 Å². The number of esters is 3. The Bertz CT molecular complexity index is 533. The molecule has 1 N–H and O–H groups in total. The zero-order chi connectivity index (χ0) is 22.9. The van der Waals surface area contributed by atoms with Gasteiger partial charge in [0.05, 0.1) is 13.0 Å². The van der Waals surface area contributed by atoms with E-state index in [2.05, 4.69) is 0 Å². The molecule has 0 amide bonds. The molecule has 9 nitrogen and oxygen atoms in total. The van der Waals surface area contributed by atoms with Crippen molar-refractivity contribution < 1.29 is 43.2 Å². The average Bonchev–Trinajstić information content (AvgIpc) is 2.65. The van der Waals surface area contributed by atoms with Crippen LogP contribution in [0.4, 0.5) is 0 Å². The molecule has 0 aromatic carbocycles. The van der Waals surface area contributed by atoms with Crippen LogP contribution in [0, 0.1) is 0 Å². The first-order valence-corrected chi connectivity index (χ1v) is 10.7. The summed E-state index contributed by atoms with van der Waals surface area (Å²) in [7, 11) is 0. The van der Waals surface area contributed by atoms with Crippen molar-refractivity contribution in [3.63, 3.8) is 0 Å². The van der Waals surface area contributed by atoms with Crippen LogP contribution in [-0.2, 0) is 38.1 Å². The molecular formula is C21H36O9. The molecular weight excluding hydrogens is 396 g/mol. The van der Waals surface area contributed by atoms with Crippen LogP contribution >= 0.6 is 0 Å². The highest BCUT2D eigenvalue weighted by molar-refractivity contribution is 5.71. The first kappa shape index (κ1) is 27.8. The van der Waals surface area contributed by atoms with Crippen LogP contribution in [0.1, 0.15) is 85.5 Å². The Balaban J connectivity index is 0.00000122. The fourth-order valence-corrected chi connectivity index (χ4v) is 2.52. The normalized spacial score (nSPS) is 20.3. The molecule has 0 aromatic rings. The summed E-state index contributed by atoms with van der Waals surface area (Å²) in [5.74, 6) is -1.79. The third-order valence-electron chi connectivity index (χ3n) is 3.94. The Kier molecular flexibility index (Phi) is 15.4. The lowest BCUT2D eigenvalue weighted by Gasteiger charge is -2.34. The molecule has 1 aliphatic heterocycles. The summed E-state index contributed by atoms with van der Waals surface area (Å²) in [6, 6.07) is 0. The van der Waals surface area contributed by atoms with Crippen LogP contribution in [0.25, 0.3) is 0 Å². The molecule has 1 fully saturated rings. The molecule has 0 bridgehead atoms. The highest BCUT2D eigenvalue weighted by Crippen LogP contribution is 2.23. The number of hydrogen-bond donors (Lipinski definition) is 1. The molecule has 0 saturated carbocycles. The summed E-state index contributed by atoms with van der Waals surface area (Å²) in [6.45, 7) is 7.50. The van der Waals surface area contributed by atoms with Gasteiger partial charge in [-0.2, -0.15) is 0 Å². The molecule has 1 rings (SSSR count). The Morgan fingerprint density at radius 2 is 1.17 bits per heavy atom. The summed E-state index contributed by atoms with van der Waals surface area (Å²) in [6.07, 6.45) is 1.95. The van der Waals surface area contributed by atoms with E-state index in [4.69, 9.17) is 24.1 Å². The lowest BCUT2D eigenvalue weighted by Crippen LogP contribution is -2.47. The fraction of sp³-hybridized carbons (Fsp3) is 0.810. The highest BCUT2D eigenvalue weighted by Gasteiger charge is 2.38. The average molecular weight is 433 g/mol. The number of ether oxygens (including phenoxy) is 4. The maximum Gasteiger partial charge on any atom is 0.308 e. The second-order valence-corrected chi connectivity index (χ2v) is 6.94. The van der Waals surface area contributed by atoms with Gasteiger partial charge in [-0.25, -0.2) is 0 Å². The summed E-state index contributed by atoms with van der Waals surface area (Å²) in [4.78, 5) is 44.7. The Hall–Kier alpha value is -2.16. The van der Waals surface area contributed by atoms with Gasteiger partial charge >= 0.3 is 23.9 Å². The van der Waals surface area contributed by atoms with E-state index in [9.17, 15) is 19.2 Å². The molecule has 174 valence electrons. The number of carboxylic acid groups (broad SMARTS) is 1. The van der Waals surface area contributed by atoms with Crippen molar-refractivity contribution in [1.29, 1.82) is 0 Å². The van der Waals surface area contributed by atoms with Crippen molar-refractivity contribution in [2.24, 2.45) is 0 Å². The predicted molar refractivity (Wildman–Crippen MR) is 107 cm³/mol. The molecule has 0 spiro atoms. The molecule has 0 radical (unpaired) electrons. The lowest BCUT2D eigenvalue weighted by molar-refractivity contribution is -0.230. The van der Waals surface area contributed by atoms with E-state index in [1.165, 1.54) is 0 Å². The maximum absolute atomic E-state index is 11.8. The van der Waals surface area contributed by atoms with Crippen molar-refractivity contribution >= 4 is 23.9 Å². The number of aliphatic carboxylic acids is 1. The quantitative estimate of drug-likeness (QED) is 0.386. The van der Waals surface area contributed by atoms with Crippen molar-refractivity contribution in [3.05, 3.63) is 0 Å². The van der Waals surface area contributed by atoms with Gasteiger partial charge < -0.3 is 24.1 Å². The molecule has 1 aliphatic rings. The van der Waals surface area contributed by atoms with Crippen molar-refractivity contribution in [2.75, 3.05) is 6.61 Å². The van der Waals surface area contributed by atoms with Crippen molar-refractivity contribution in [3.8, 4) is 0 Å². The van der Waals surface area contributed by atoms with E-state index in [0.717, 1.165) is 6.42 Å². The molecule has 0 aliphatic carbocycles. The van der Waals surface area contributed by atoms with Gasteiger partial charge in [-0.1, -0.05) is 27.7 Å². The van der Waals surface area contributed by atoms with Gasteiger partial charge in [0.2, 0.25) is 6.29 Å². The molecule has 9 heteroatoms. The summed E-state index contributed by atoms with van der Waals surface area (Å²) >= 11 is 0. The molecule has 1 heterocycles. The number of hydrogen-bond acceptors (Lipinski definition) is 8. The number of carboxylic acids is 1. The SMILES string of the molecule is CCCC(=O)O.CCCC(=O)OC1CC(OC(=O)CCC)C(OC(=O)CCC)CO1. The van der Waals surface area contributed by atoms with Gasteiger partial charge in [0.15, 0.2) is 6.10 Å². The second kappa shape index (κ2) is 16.6. The zero-order valence-corrected chi connectivity index (χ0v) is 18.5. The molecule has 3 unspecified atom stereocenters. The van der Waals surface area contributed by atoms with E-state index < -0.39 is 24.5 Å². The lowest BCUT2D eigenvalue weighted by atomic mass is 10.1. The van der Waals surface area contributed by atoms with Gasteiger partial charge in [-0.3, -0.25) is 19.2 Å². The first-order chi connectivity index (χ1) is 14.3. The Morgan fingerprint density at radius 1 is 0.733 bits per heavy atom. The van der Waals surface area contributed by atoms with E-state index in [0.29, 0.717) is 38.5 Å². The van der Waals surface area contributed by atoms with E-state index >= 15 is 0 Å². The van der Waals surface area contributed by atoms with Gasteiger partial charge in [0.1, 0.15) is 6.10 Å². The second-order valence-electron chi connectivity index (χ2n) is 6.94. The topological polar surface area (TPSA) is 125 Å².